The first-order chi connectivity index (χ1) is 12.4. The Bertz CT molecular complexity index is 908. The smallest absolute Gasteiger partial charge is 0.109 e. The van der Waals surface area contributed by atoms with Gasteiger partial charge in [-0.15, -0.1) is 11.8 Å². The van der Waals surface area contributed by atoms with E-state index in [0.29, 0.717) is 22.2 Å². The number of rotatable bonds is 6. The van der Waals surface area contributed by atoms with Gasteiger partial charge in [0.25, 0.3) is 0 Å². The molecule has 3 nitrogen and oxygen atoms in total. The van der Waals surface area contributed by atoms with Crippen LogP contribution in [0.15, 0.2) is 61.2 Å². The Morgan fingerprint density at radius 3 is 2.31 bits per heavy atom. The summed E-state index contributed by atoms with van der Waals surface area (Å²) in [7, 11) is 0. The minimum Gasteiger partial charge on any atom is -0.380 e. The van der Waals surface area contributed by atoms with Gasteiger partial charge >= 0.3 is 0 Å². The molecule has 2 aromatic rings. The number of hydrogen-bond donors (Lipinski definition) is 1. The molecule has 0 spiro atoms. The standard InChI is InChI=1S/C14H16Cl2N2OS.C6H4/c1-14(19,4-6-18-7-5-17-10-18)20-9-11-2-3-12(15)8-13(11)16;1-2-6-4-3-5(1)6/h2-3,5,7-8,10,19H,4,6,9H2,1H3;1-4H. The van der Waals surface area contributed by atoms with Crippen LogP contribution < -0.4 is 0 Å². The first-order valence-electron chi connectivity index (χ1n) is 8.29. The maximum atomic E-state index is 10.4. The van der Waals surface area contributed by atoms with Crippen molar-refractivity contribution in [2.45, 2.75) is 30.6 Å². The zero-order chi connectivity index (χ0) is 18.6. The third-order valence-electron chi connectivity index (χ3n) is 4.17. The third kappa shape index (κ3) is 5.27. The molecule has 1 atom stereocenters. The quantitative estimate of drug-likeness (QED) is 0.429. The average Bonchev–Trinajstić information content (AvgIpc) is 3.10. The van der Waals surface area contributed by atoms with Crippen LogP contribution in [0.5, 0.6) is 0 Å². The molecule has 2 aliphatic rings. The van der Waals surface area contributed by atoms with Crippen LogP contribution in [0.3, 0.4) is 0 Å². The highest BCUT2D eigenvalue weighted by molar-refractivity contribution is 7.99. The van der Waals surface area contributed by atoms with Gasteiger partial charge in [0, 0.05) is 41.2 Å². The van der Waals surface area contributed by atoms with Gasteiger partial charge in [-0.1, -0.05) is 53.5 Å². The fraction of sp³-hybridized carbons (Fsp3) is 0.250. The topological polar surface area (TPSA) is 38.0 Å². The van der Waals surface area contributed by atoms with Gasteiger partial charge in [0.1, 0.15) is 4.93 Å². The Hall–Kier alpha value is -1.46. The van der Waals surface area contributed by atoms with E-state index in [2.05, 4.69) is 29.2 Å². The van der Waals surface area contributed by atoms with Crippen molar-refractivity contribution in [1.29, 1.82) is 0 Å². The maximum Gasteiger partial charge on any atom is 0.109 e. The van der Waals surface area contributed by atoms with E-state index >= 15 is 0 Å². The van der Waals surface area contributed by atoms with Crippen molar-refractivity contribution in [3.63, 3.8) is 0 Å². The van der Waals surface area contributed by atoms with Crippen molar-refractivity contribution in [1.82, 2.24) is 9.55 Å². The zero-order valence-corrected chi connectivity index (χ0v) is 16.7. The molecule has 1 N–H and O–H groups in total. The van der Waals surface area contributed by atoms with Crippen molar-refractivity contribution in [3.8, 4) is 0 Å². The Kier molecular flexibility index (Phi) is 6.30. The molecule has 0 fully saturated rings. The third-order valence-corrected chi connectivity index (χ3v) is 6.03. The number of nitrogens with zero attached hydrogens (tertiary/aromatic N) is 2. The van der Waals surface area contributed by atoms with Crippen LogP contribution in [0.1, 0.15) is 18.9 Å². The van der Waals surface area contributed by atoms with Crippen LogP contribution in [-0.4, -0.2) is 19.6 Å². The lowest BCUT2D eigenvalue weighted by Gasteiger charge is -2.23. The van der Waals surface area contributed by atoms with Gasteiger partial charge in [-0.05, 0) is 35.1 Å². The number of aryl methyl sites for hydroxylation is 1. The van der Waals surface area contributed by atoms with E-state index in [9.17, 15) is 5.11 Å². The number of hydrogen-bond acceptors (Lipinski definition) is 3. The fourth-order valence-corrected chi connectivity index (χ4v) is 3.87. The molecule has 0 bridgehead atoms. The van der Waals surface area contributed by atoms with Gasteiger partial charge in [0.15, 0.2) is 0 Å². The van der Waals surface area contributed by atoms with E-state index in [1.807, 2.05) is 29.8 Å². The van der Waals surface area contributed by atoms with Gasteiger partial charge in [0.2, 0.25) is 0 Å². The van der Waals surface area contributed by atoms with Gasteiger partial charge in [-0.2, -0.15) is 0 Å². The summed E-state index contributed by atoms with van der Waals surface area (Å²) in [6.45, 7) is 2.55. The second-order valence-corrected chi connectivity index (χ2v) is 8.63. The monoisotopic (exact) mass is 406 g/mol. The molecule has 0 amide bonds. The van der Waals surface area contributed by atoms with Gasteiger partial charge in [-0.25, -0.2) is 4.98 Å². The van der Waals surface area contributed by atoms with Crippen molar-refractivity contribution in [2.24, 2.45) is 0 Å². The molecule has 4 rings (SSSR count). The van der Waals surface area contributed by atoms with Crippen LogP contribution >= 0.6 is 35.0 Å². The first kappa shape index (κ1) is 19.3. The minimum absolute atomic E-state index is 0.621. The summed E-state index contributed by atoms with van der Waals surface area (Å²) in [6, 6.07) is 13.9. The van der Waals surface area contributed by atoms with Crippen LogP contribution in [0.25, 0.3) is 0 Å². The van der Waals surface area contributed by atoms with Crippen molar-refractivity contribution < 1.29 is 5.11 Å². The minimum atomic E-state index is -0.812. The lowest BCUT2D eigenvalue weighted by atomic mass is 10.1. The molecule has 136 valence electrons. The Morgan fingerprint density at radius 1 is 1.12 bits per heavy atom. The predicted octanol–water partition coefficient (Wildman–Crippen LogP) is 5.51. The maximum absolute atomic E-state index is 10.4. The molecule has 1 aromatic carbocycles. The Balaban J connectivity index is 0.000000269. The summed E-state index contributed by atoms with van der Waals surface area (Å²) in [6.07, 6.45) is 6.00. The number of aromatic nitrogens is 2. The Morgan fingerprint density at radius 2 is 1.81 bits per heavy atom. The largest absolute Gasteiger partial charge is 0.380 e. The summed E-state index contributed by atoms with van der Waals surface area (Å²) >= 11 is 13.5. The highest BCUT2D eigenvalue weighted by Crippen LogP contribution is 2.32. The summed E-state index contributed by atoms with van der Waals surface area (Å²) in [5.41, 5.74) is 0.976. The lowest BCUT2D eigenvalue weighted by molar-refractivity contribution is 0.141. The van der Waals surface area contributed by atoms with Crippen molar-refractivity contribution in [3.05, 3.63) is 87.2 Å². The van der Waals surface area contributed by atoms with E-state index in [-0.39, 0.29) is 0 Å². The summed E-state index contributed by atoms with van der Waals surface area (Å²) < 4.78 is 1.95. The van der Waals surface area contributed by atoms with E-state index in [1.165, 1.54) is 22.2 Å². The molecule has 26 heavy (non-hydrogen) atoms. The molecule has 1 heterocycles. The average molecular weight is 407 g/mol. The molecule has 0 saturated heterocycles. The van der Waals surface area contributed by atoms with E-state index < -0.39 is 4.93 Å². The summed E-state index contributed by atoms with van der Waals surface area (Å²) in [5, 5.41) is 14.5. The molecular weight excluding hydrogens is 387 g/mol. The van der Waals surface area contributed by atoms with Gasteiger partial charge in [-0.3, -0.25) is 0 Å². The van der Waals surface area contributed by atoms with Crippen LogP contribution in [-0.2, 0) is 12.3 Å². The summed E-state index contributed by atoms with van der Waals surface area (Å²) in [4.78, 5) is 3.17. The molecule has 0 radical (unpaired) electrons. The summed E-state index contributed by atoms with van der Waals surface area (Å²) in [5.74, 6) is 0.646. The SMILES string of the molecule is CC(O)(CCn1ccnc1)SCc1ccc(Cl)cc1Cl.c1cc2ccc1=2. The van der Waals surface area contributed by atoms with Crippen LogP contribution in [0, 0.1) is 10.4 Å². The highest BCUT2D eigenvalue weighted by Gasteiger charge is 2.21. The fourth-order valence-electron chi connectivity index (χ4n) is 2.36. The predicted molar refractivity (Wildman–Crippen MR) is 109 cm³/mol. The van der Waals surface area contributed by atoms with Crippen LogP contribution in [0.4, 0.5) is 0 Å². The lowest BCUT2D eigenvalue weighted by Crippen LogP contribution is -2.21. The highest BCUT2D eigenvalue weighted by atomic mass is 35.5. The zero-order valence-electron chi connectivity index (χ0n) is 14.4. The molecule has 1 unspecified atom stereocenters. The van der Waals surface area contributed by atoms with E-state index in [4.69, 9.17) is 23.2 Å². The van der Waals surface area contributed by atoms with Crippen molar-refractivity contribution >= 4 is 35.0 Å². The van der Waals surface area contributed by atoms with Crippen molar-refractivity contribution in [2.75, 3.05) is 0 Å². The number of imidazole rings is 1. The number of benzene rings is 2. The number of aliphatic hydroxyl groups is 1. The molecule has 1 aromatic heterocycles. The second-order valence-electron chi connectivity index (χ2n) is 6.33. The first-order valence-corrected chi connectivity index (χ1v) is 10.0. The molecule has 2 aliphatic carbocycles. The van der Waals surface area contributed by atoms with E-state index in [1.54, 1.807) is 18.6 Å². The second kappa shape index (κ2) is 8.49. The van der Waals surface area contributed by atoms with Gasteiger partial charge < -0.3 is 9.67 Å². The van der Waals surface area contributed by atoms with Gasteiger partial charge in [0.05, 0.1) is 6.33 Å². The molecular formula is C20H20Cl2N2OS. The molecule has 6 heteroatoms. The van der Waals surface area contributed by atoms with Crippen LogP contribution in [0.2, 0.25) is 10.0 Å². The number of thioether (sulfide) groups is 1. The number of halogens is 2. The molecule has 0 aliphatic heterocycles. The Labute approximate surface area is 167 Å². The normalized spacial score (nSPS) is 13.5. The molecule has 0 saturated carbocycles. The van der Waals surface area contributed by atoms with E-state index in [0.717, 1.165) is 12.1 Å².